The Hall–Kier alpha value is -8.34. The lowest BCUT2D eigenvalue weighted by atomic mass is 10.1. The summed E-state index contributed by atoms with van der Waals surface area (Å²) in [6.45, 7) is 17.7. The van der Waals surface area contributed by atoms with Crippen LogP contribution in [-0.2, 0) is 58.2 Å². The summed E-state index contributed by atoms with van der Waals surface area (Å²) in [5.41, 5.74) is 4.73. The third kappa shape index (κ3) is 21.3. The Kier molecular flexibility index (Phi) is 27.5. The molecule has 0 radical (unpaired) electrons. The fourth-order valence-electron chi connectivity index (χ4n) is 11.4. The molecule has 0 unspecified atom stereocenters. The summed E-state index contributed by atoms with van der Waals surface area (Å²) in [6, 6.07) is 19.0. The van der Waals surface area contributed by atoms with E-state index in [1.165, 1.54) is 48.7 Å². The number of likely N-dealkylation sites (tertiary alicyclic amines) is 1. The third-order valence-corrected chi connectivity index (χ3v) is 20.5. The van der Waals surface area contributed by atoms with Gasteiger partial charge in [-0.3, -0.25) is 28.9 Å². The Bertz CT molecular complexity index is 3860. The molecule has 0 spiro atoms. The number of rotatable bonds is 36. The molecule has 1 saturated heterocycles. The normalized spacial score (nSPS) is 19.4. The van der Waals surface area contributed by atoms with Gasteiger partial charge in [0.25, 0.3) is 31.9 Å². The molecule has 3 aliphatic rings. The lowest BCUT2D eigenvalue weighted by Crippen LogP contribution is -2.56. The van der Waals surface area contributed by atoms with Crippen molar-refractivity contribution in [3.63, 3.8) is 0 Å². The summed E-state index contributed by atoms with van der Waals surface area (Å²) in [4.78, 5) is 88.0. The summed E-state index contributed by atoms with van der Waals surface area (Å²) >= 11 is 1.45. The molecule has 25 nitrogen and oxygen atoms in total. The van der Waals surface area contributed by atoms with Crippen LogP contribution >= 0.6 is 11.3 Å². The Labute approximate surface area is 579 Å². The topological polar surface area (TPSA) is 344 Å². The second-order valence-corrected chi connectivity index (χ2v) is 30.2. The van der Waals surface area contributed by atoms with Gasteiger partial charge in [0.15, 0.2) is 5.13 Å². The van der Waals surface area contributed by atoms with E-state index in [4.69, 9.17) is 29.9 Å². The van der Waals surface area contributed by atoms with Gasteiger partial charge in [0.05, 0.1) is 50.5 Å². The van der Waals surface area contributed by atoms with Crippen LogP contribution in [0.4, 0.5) is 21.3 Å². The second kappa shape index (κ2) is 34.9. The molecule has 1 aliphatic heterocycles. The minimum atomic E-state index is -4.44. The Morgan fingerprint density at radius 3 is 1.76 bits per heavy atom. The van der Waals surface area contributed by atoms with Gasteiger partial charge < -0.3 is 50.7 Å². The van der Waals surface area contributed by atoms with Crippen LogP contribution in [0.1, 0.15) is 144 Å². The van der Waals surface area contributed by atoms with Crippen LogP contribution < -0.4 is 45.9 Å². The largest absolute Gasteiger partial charge is 0.497 e. The first-order valence-corrected chi connectivity index (χ1v) is 37.1. The van der Waals surface area contributed by atoms with E-state index in [1.54, 1.807) is 88.6 Å². The number of aromatic nitrogens is 2. The van der Waals surface area contributed by atoms with E-state index in [-0.39, 0.29) is 53.1 Å². The highest BCUT2D eigenvalue weighted by atomic mass is 32.2. The van der Waals surface area contributed by atoms with Gasteiger partial charge in [-0.15, -0.1) is 24.5 Å². The number of amides is 4. The third-order valence-electron chi connectivity index (χ3n) is 17.0. The van der Waals surface area contributed by atoms with Crippen molar-refractivity contribution < 1.29 is 69.3 Å². The molecule has 98 heavy (non-hydrogen) atoms. The number of thiazole rings is 1. The Morgan fingerprint density at radius 1 is 0.704 bits per heavy atom. The number of benzene rings is 3. The minimum absolute atomic E-state index is 0.0166. The lowest BCUT2D eigenvalue weighted by molar-refractivity contribution is -0.141. The Morgan fingerprint density at radius 2 is 1.24 bits per heavy atom. The molecule has 3 fully saturated rings. The first-order valence-electron chi connectivity index (χ1n) is 33.3. The SMILES string of the molecule is C=C[C@@H]1C[C@]1(N)C(=O)NS(=O)(=O)c1ccccc1NCCCCCCCCC(=O)OC.C=C[C@@H]1C[C@]1(NC(=O)[C@@H]1C[C@@H](Oc2cc(-c3csc(NC(C)C)n3)nc3cc(OC)ccc23)CN1C(=O)OC(C)(C)C)C(=O)NS(=O)(=O)c1ccccc1NCCCCCCCCC(=O)OC. The number of methoxy groups -OCH3 is 3. The van der Waals surface area contributed by atoms with Crippen molar-refractivity contribution in [2.24, 2.45) is 17.6 Å². The maximum Gasteiger partial charge on any atom is 0.411 e. The molecule has 534 valence electrons. The molecule has 6 atom stereocenters. The van der Waals surface area contributed by atoms with Crippen molar-refractivity contribution in [2.45, 2.75) is 188 Å². The molecular formula is C70H96N10O15S3. The maximum atomic E-state index is 14.5. The zero-order chi connectivity index (χ0) is 71.4. The highest BCUT2D eigenvalue weighted by Gasteiger charge is 2.62. The van der Waals surface area contributed by atoms with Crippen molar-refractivity contribution in [3.8, 4) is 22.9 Å². The number of nitrogens with two attached hydrogens (primary N) is 1. The number of carbonyl (C=O) groups is 6. The molecule has 2 aromatic heterocycles. The van der Waals surface area contributed by atoms with E-state index < -0.39 is 78.6 Å². The van der Waals surface area contributed by atoms with Gasteiger partial charge in [-0.1, -0.05) is 87.8 Å². The van der Waals surface area contributed by atoms with Crippen molar-refractivity contribution in [3.05, 3.63) is 103 Å². The average Bonchev–Trinajstić information content (AvgIpc) is 1.58. The highest BCUT2D eigenvalue weighted by molar-refractivity contribution is 7.90. The van der Waals surface area contributed by atoms with Crippen molar-refractivity contribution in [1.29, 1.82) is 0 Å². The van der Waals surface area contributed by atoms with Gasteiger partial charge in [-0.2, -0.15) is 0 Å². The number of nitrogens with zero attached hydrogens (tertiary/aromatic N) is 3. The van der Waals surface area contributed by atoms with Gasteiger partial charge in [0, 0.05) is 73.1 Å². The zero-order valence-electron chi connectivity index (χ0n) is 57.4. The minimum Gasteiger partial charge on any atom is -0.497 e. The van der Waals surface area contributed by atoms with E-state index in [0.717, 1.165) is 82.2 Å². The molecule has 8 N–H and O–H groups in total. The van der Waals surface area contributed by atoms with Crippen LogP contribution in [0.5, 0.6) is 11.5 Å². The predicted molar refractivity (Wildman–Crippen MR) is 378 cm³/mol. The maximum absolute atomic E-state index is 14.5. The fourth-order valence-corrected chi connectivity index (χ4v) is 14.7. The van der Waals surface area contributed by atoms with Crippen molar-refractivity contribution in [1.82, 2.24) is 29.6 Å². The van der Waals surface area contributed by atoms with Gasteiger partial charge in [0.1, 0.15) is 55.8 Å². The second-order valence-electron chi connectivity index (χ2n) is 26.1. The number of ether oxygens (including phenoxy) is 5. The zero-order valence-corrected chi connectivity index (χ0v) is 59.8. The number of hydrogen-bond acceptors (Lipinski definition) is 22. The fraction of sp³-hybridized carbons (Fsp3) is 0.514. The Balaban J connectivity index is 0.000000364. The summed E-state index contributed by atoms with van der Waals surface area (Å²) in [5.74, 6) is -2.48. The van der Waals surface area contributed by atoms with Crippen molar-refractivity contribution in [2.75, 3.05) is 56.9 Å². The van der Waals surface area contributed by atoms with Crippen LogP contribution in [0.3, 0.4) is 0 Å². The number of sulfonamides is 2. The van der Waals surface area contributed by atoms with Crippen LogP contribution in [0.15, 0.2) is 113 Å². The number of unbranched alkanes of at least 4 members (excludes halogenated alkanes) is 10. The number of hydrogen-bond donors (Lipinski definition) is 7. The van der Waals surface area contributed by atoms with Crippen LogP contribution in [0, 0.1) is 11.8 Å². The van der Waals surface area contributed by atoms with E-state index in [9.17, 15) is 45.6 Å². The summed E-state index contributed by atoms with van der Waals surface area (Å²) in [5, 5.41) is 15.8. The highest BCUT2D eigenvalue weighted by Crippen LogP contribution is 2.46. The molecule has 4 amide bonds. The number of fused-ring (bicyclic) bond motifs is 1. The summed E-state index contributed by atoms with van der Waals surface area (Å²) in [6.07, 6.45) is 14.0. The van der Waals surface area contributed by atoms with E-state index >= 15 is 0 Å². The monoisotopic (exact) mass is 1410 g/mol. The molecule has 5 aromatic rings. The van der Waals surface area contributed by atoms with Crippen LogP contribution in [-0.4, -0.2) is 143 Å². The van der Waals surface area contributed by atoms with E-state index in [2.05, 4.69) is 53.3 Å². The van der Waals surface area contributed by atoms with E-state index in [0.29, 0.717) is 77.5 Å². The summed E-state index contributed by atoms with van der Waals surface area (Å²) < 4.78 is 84.9. The summed E-state index contributed by atoms with van der Waals surface area (Å²) in [7, 11) is -4.14. The first kappa shape index (κ1) is 77.0. The molecule has 3 aromatic carbocycles. The van der Waals surface area contributed by atoms with Gasteiger partial charge >= 0.3 is 18.0 Å². The van der Waals surface area contributed by atoms with E-state index in [1.807, 2.05) is 25.3 Å². The number of carbonyl (C=O) groups excluding carboxylic acids is 6. The first-order chi connectivity index (χ1) is 46.6. The lowest BCUT2D eigenvalue weighted by Gasteiger charge is -2.29. The molecule has 0 bridgehead atoms. The molecule has 28 heteroatoms. The number of para-hydroxylation sites is 2. The van der Waals surface area contributed by atoms with Gasteiger partial charge in [-0.05, 0) is 110 Å². The predicted octanol–water partition coefficient (Wildman–Crippen LogP) is 10.5. The van der Waals surface area contributed by atoms with Crippen molar-refractivity contribution >= 4 is 94.5 Å². The molecule has 3 heterocycles. The quantitative estimate of drug-likeness (QED) is 0.00848. The molecular weight excluding hydrogens is 1320 g/mol. The smallest absolute Gasteiger partial charge is 0.411 e. The number of anilines is 3. The number of nitrogens with one attached hydrogen (secondary N) is 6. The molecule has 2 aliphatic carbocycles. The molecule has 2 saturated carbocycles. The number of pyridine rings is 1. The standard InChI is InChI=1S/C48H63N7O10S2.C22H33N3O5S/c1-9-31-27-48(31,44(58)54-67(60,61)41-19-16-15-18-35(41)49-23-17-13-11-10-12-14-20-42(56)63-8)53-43(57)39-25-33(28-55(39)46(59)65-47(4,5)6)64-40-26-37(38-29-66-45(52-38)50-30(2)3)51-36-24-32(62-7)21-22-34(36)40;1-3-17-16-22(17,23)21(27)25-31(28,29)19-13-10-9-12-18(19)24-15-11-7-5-4-6-8-14-20(26)30-2/h9,15-16,18-19,21-22,24,26,29-31,33,39,49H,1,10-14,17,20,23,25,27-28H2,2-8H3,(H,50,52)(H,53,57)(H,54,58);3,9-10,12-13,17,24H,1,4-8,11,14-16,23H2,2H3,(H,25,27)/t31-,33-,39+,48-;17-,22-/m11/s1. The van der Waals surface area contributed by atoms with Crippen LogP contribution in [0.25, 0.3) is 22.3 Å². The average molecular weight is 1410 g/mol. The number of esters is 2. The molecule has 8 rings (SSSR count). The van der Waals surface area contributed by atoms with Gasteiger partial charge in [0.2, 0.25) is 5.91 Å². The van der Waals surface area contributed by atoms with Crippen LogP contribution in [0.2, 0.25) is 0 Å². The van der Waals surface area contributed by atoms with Gasteiger partial charge in [-0.25, -0.2) is 41.0 Å².